The van der Waals surface area contributed by atoms with Gasteiger partial charge >= 0.3 is 0 Å². The average Bonchev–Trinajstić information content (AvgIpc) is 2.60. The van der Waals surface area contributed by atoms with Crippen molar-refractivity contribution in [3.63, 3.8) is 0 Å². The summed E-state index contributed by atoms with van der Waals surface area (Å²) in [4.78, 5) is 0. The van der Waals surface area contributed by atoms with Crippen molar-refractivity contribution in [2.75, 3.05) is 20.3 Å². The molecular weight excluding hydrogens is 356 g/mol. The molecule has 0 amide bonds. The third kappa shape index (κ3) is 8.60. The highest BCUT2D eigenvalue weighted by Crippen LogP contribution is 2.37. The van der Waals surface area contributed by atoms with E-state index in [-0.39, 0.29) is 17.7 Å². The molecule has 5 heteroatoms. The van der Waals surface area contributed by atoms with Crippen LogP contribution in [0.25, 0.3) is 0 Å². The monoisotopic (exact) mass is 394 g/mol. The van der Waals surface area contributed by atoms with E-state index in [2.05, 4.69) is 39.9 Å². The Hall–Kier alpha value is -1.14. The van der Waals surface area contributed by atoms with Crippen molar-refractivity contribution in [2.24, 2.45) is 0 Å². The number of aliphatic hydroxyl groups excluding tert-OH is 1. The molecule has 4 nitrogen and oxygen atoms in total. The Morgan fingerprint density at radius 3 is 2.33 bits per heavy atom. The molecule has 0 radical (unpaired) electrons. The minimum atomic E-state index is -1.86. The summed E-state index contributed by atoms with van der Waals surface area (Å²) in [5, 5.41) is 9.34. The van der Waals surface area contributed by atoms with E-state index in [4.69, 9.17) is 13.9 Å². The van der Waals surface area contributed by atoms with E-state index in [1.54, 1.807) is 7.11 Å². The first-order valence-electron chi connectivity index (χ1n) is 9.74. The molecule has 0 aliphatic heterocycles. The molecule has 0 fully saturated rings. The quantitative estimate of drug-likeness (QED) is 0.407. The molecule has 1 N–H and O–H groups in total. The van der Waals surface area contributed by atoms with Crippen LogP contribution >= 0.6 is 0 Å². The normalized spacial score (nSPS) is 14.3. The van der Waals surface area contributed by atoms with Gasteiger partial charge in [-0.2, -0.15) is 0 Å². The minimum absolute atomic E-state index is 0.0619. The summed E-state index contributed by atoms with van der Waals surface area (Å²) in [5.41, 5.74) is 2.12. The standard InChI is InChI=1S/C22H38O4Si/c1-18(15-23)9-8-10-21(26-27(6,7)22(2,3)4)17-25-16-19-11-13-20(24-5)14-12-19/h9,11-14,21,23H,8,10,15-17H2,1-7H3/b18-9+/t21-/m0/s1. The van der Waals surface area contributed by atoms with E-state index in [1.165, 1.54) is 0 Å². The maximum atomic E-state index is 9.17. The lowest BCUT2D eigenvalue weighted by molar-refractivity contribution is 0.0310. The largest absolute Gasteiger partial charge is 0.497 e. The van der Waals surface area contributed by atoms with Gasteiger partial charge in [0.2, 0.25) is 0 Å². The highest BCUT2D eigenvalue weighted by Gasteiger charge is 2.39. The SMILES string of the molecule is COc1ccc(COC[C@H](CC/C=C(\C)CO)O[Si](C)(C)C(C)(C)C)cc1. The smallest absolute Gasteiger partial charge is 0.192 e. The molecule has 0 heterocycles. The summed E-state index contributed by atoms with van der Waals surface area (Å²) in [5.74, 6) is 0.851. The molecule has 1 atom stereocenters. The second-order valence-corrected chi connectivity index (χ2v) is 13.4. The second-order valence-electron chi connectivity index (χ2n) is 8.65. The summed E-state index contributed by atoms with van der Waals surface area (Å²) in [7, 11) is -0.194. The summed E-state index contributed by atoms with van der Waals surface area (Å²) in [6, 6.07) is 7.95. The summed E-state index contributed by atoms with van der Waals surface area (Å²) in [6.45, 7) is 14.5. The van der Waals surface area contributed by atoms with Crippen molar-refractivity contribution in [2.45, 2.75) is 71.4 Å². The predicted octanol–water partition coefficient (Wildman–Crippen LogP) is 5.32. The zero-order chi connectivity index (χ0) is 20.5. The Labute approximate surface area is 166 Å². The van der Waals surface area contributed by atoms with Gasteiger partial charge in [0.15, 0.2) is 8.32 Å². The molecule has 154 valence electrons. The first-order valence-corrected chi connectivity index (χ1v) is 12.6. The fourth-order valence-corrected chi connectivity index (χ4v) is 3.75. The summed E-state index contributed by atoms with van der Waals surface area (Å²) in [6.07, 6.45) is 3.93. The van der Waals surface area contributed by atoms with Crippen molar-refractivity contribution in [1.29, 1.82) is 0 Å². The zero-order valence-electron chi connectivity index (χ0n) is 18.2. The van der Waals surface area contributed by atoms with E-state index in [0.717, 1.165) is 29.7 Å². The lowest BCUT2D eigenvalue weighted by Crippen LogP contribution is -2.45. The second kappa shape index (κ2) is 11.0. The third-order valence-electron chi connectivity index (χ3n) is 5.23. The number of hydrogen-bond donors (Lipinski definition) is 1. The van der Waals surface area contributed by atoms with Crippen LogP contribution < -0.4 is 4.74 Å². The molecule has 1 rings (SSSR count). The van der Waals surface area contributed by atoms with Crippen LogP contribution in [0.3, 0.4) is 0 Å². The van der Waals surface area contributed by atoms with Crippen molar-refractivity contribution in [3.05, 3.63) is 41.5 Å². The number of rotatable bonds is 11. The van der Waals surface area contributed by atoms with Crippen LogP contribution in [-0.4, -0.2) is 39.9 Å². The van der Waals surface area contributed by atoms with E-state index in [1.807, 2.05) is 31.2 Å². The molecule has 0 aromatic heterocycles. The third-order valence-corrected chi connectivity index (χ3v) is 9.76. The number of ether oxygens (including phenoxy) is 2. The van der Waals surface area contributed by atoms with Crippen LogP contribution in [0.15, 0.2) is 35.9 Å². The van der Waals surface area contributed by atoms with Crippen LogP contribution in [0, 0.1) is 0 Å². The Balaban J connectivity index is 2.66. The van der Waals surface area contributed by atoms with Gasteiger partial charge in [0.05, 0.1) is 33.0 Å². The summed E-state index contributed by atoms with van der Waals surface area (Å²) < 4.78 is 17.8. The topological polar surface area (TPSA) is 47.9 Å². The number of aliphatic hydroxyl groups is 1. The van der Waals surface area contributed by atoms with Crippen LogP contribution in [-0.2, 0) is 15.8 Å². The van der Waals surface area contributed by atoms with Crippen molar-refractivity contribution >= 4 is 8.32 Å². The molecule has 0 saturated carbocycles. The molecule has 0 unspecified atom stereocenters. The molecule has 27 heavy (non-hydrogen) atoms. The van der Waals surface area contributed by atoms with Gasteiger partial charge in [-0.15, -0.1) is 0 Å². The Kier molecular flexibility index (Phi) is 9.74. The fraction of sp³-hybridized carbons (Fsp3) is 0.636. The first-order chi connectivity index (χ1) is 12.6. The van der Waals surface area contributed by atoms with E-state index < -0.39 is 8.32 Å². The van der Waals surface area contributed by atoms with E-state index in [0.29, 0.717) is 13.2 Å². The Morgan fingerprint density at radius 1 is 1.19 bits per heavy atom. The van der Waals surface area contributed by atoms with E-state index >= 15 is 0 Å². The summed E-state index contributed by atoms with van der Waals surface area (Å²) >= 11 is 0. The van der Waals surface area contributed by atoms with Gasteiger partial charge < -0.3 is 19.0 Å². The number of hydrogen-bond acceptors (Lipinski definition) is 4. The van der Waals surface area contributed by atoms with Crippen molar-refractivity contribution in [1.82, 2.24) is 0 Å². The molecule has 0 saturated heterocycles. The maximum Gasteiger partial charge on any atom is 0.192 e. The number of methoxy groups -OCH3 is 1. The van der Waals surface area contributed by atoms with Crippen LogP contribution in [0.1, 0.15) is 46.1 Å². The molecule has 0 spiro atoms. The molecule has 0 bridgehead atoms. The van der Waals surface area contributed by atoms with Crippen molar-refractivity contribution < 1.29 is 19.0 Å². The van der Waals surface area contributed by atoms with Crippen molar-refractivity contribution in [3.8, 4) is 5.75 Å². The van der Waals surface area contributed by atoms with Gasteiger partial charge in [-0.25, -0.2) is 0 Å². The molecule has 0 aliphatic rings. The molecule has 1 aromatic rings. The van der Waals surface area contributed by atoms with Gasteiger partial charge in [0.1, 0.15) is 5.75 Å². The zero-order valence-corrected chi connectivity index (χ0v) is 19.2. The van der Waals surface area contributed by atoms with E-state index in [9.17, 15) is 5.11 Å². The van der Waals surface area contributed by atoms with Crippen LogP contribution in [0.4, 0.5) is 0 Å². The number of benzene rings is 1. The van der Waals surface area contributed by atoms with Crippen LogP contribution in [0.5, 0.6) is 5.75 Å². The lowest BCUT2D eigenvalue weighted by atomic mass is 10.1. The minimum Gasteiger partial charge on any atom is -0.497 e. The average molecular weight is 395 g/mol. The van der Waals surface area contributed by atoms with Gasteiger partial charge in [-0.1, -0.05) is 44.6 Å². The molecule has 1 aromatic carbocycles. The number of allylic oxidation sites excluding steroid dienone is 1. The fourth-order valence-electron chi connectivity index (χ4n) is 2.38. The molecular formula is C22H38O4Si. The van der Waals surface area contributed by atoms with Gasteiger partial charge in [0, 0.05) is 0 Å². The highest BCUT2D eigenvalue weighted by atomic mass is 28.4. The molecule has 0 aliphatic carbocycles. The van der Waals surface area contributed by atoms with Gasteiger partial charge in [-0.05, 0) is 55.6 Å². The Bertz CT molecular complexity index is 573. The van der Waals surface area contributed by atoms with Crippen LogP contribution in [0.2, 0.25) is 18.1 Å². The Morgan fingerprint density at radius 2 is 1.81 bits per heavy atom. The predicted molar refractivity (Wildman–Crippen MR) is 115 cm³/mol. The van der Waals surface area contributed by atoms with Gasteiger partial charge in [0.25, 0.3) is 0 Å². The first kappa shape index (κ1) is 23.9. The van der Waals surface area contributed by atoms with Gasteiger partial charge in [-0.3, -0.25) is 0 Å². The maximum absolute atomic E-state index is 9.17. The highest BCUT2D eigenvalue weighted by molar-refractivity contribution is 6.74. The lowest BCUT2D eigenvalue weighted by Gasteiger charge is -2.39.